The van der Waals surface area contributed by atoms with Gasteiger partial charge in [0.2, 0.25) is 0 Å². The van der Waals surface area contributed by atoms with Crippen molar-refractivity contribution in [2.75, 3.05) is 10.6 Å². The van der Waals surface area contributed by atoms with Crippen LogP contribution in [0.5, 0.6) is 0 Å². The van der Waals surface area contributed by atoms with Gasteiger partial charge in [0.1, 0.15) is 0 Å². The van der Waals surface area contributed by atoms with Gasteiger partial charge in [-0.15, -0.1) is 0 Å². The topological polar surface area (TPSA) is 37.0 Å². The van der Waals surface area contributed by atoms with Crippen LogP contribution >= 0.6 is 0 Å². The first-order valence-corrected chi connectivity index (χ1v) is 12.3. The van der Waals surface area contributed by atoms with Crippen LogP contribution < -0.4 is 10.6 Å². The van der Waals surface area contributed by atoms with Crippen LogP contribution in [0.15, 0.2) is 78.9 Å². The Morgan fingerprint density at radius 1 is 0.618 bits per heavy atom. The lowest BCUT2D eigenvalue weighted by atomic mass is 9.98. The molecule has 3 aromatic carbocycles. The first-order chi connectivity index (χ1) is 16.6. The number of benzene rings is 3. The van der Waals surface area contributed by atoms with Crippen molar-refractivity contribution in [3.8, 4) is 11.3 Å². The van der Waals surface area contributed by atoms with E-state index in [1.807, 2.05) is 0 Å². The van der Waals surface area contributed by atoms with Gasteiger partial charge in [-0.25, -0.2) is 0 Å². The van der Waals surface area contributed by atoms with Crippen molar-refractivity contribution in [3.63, 3.8) is 0 Å². The fourth-order valence-corrected chi connectivity index (χ4v) is 4.57. The van der Waals surface area contributed by atoms with Gasteiger partial charge in [0.15, 0.2) is 0 Å². The molecule has 0 atom stereocenters. The number of aryl methyl sites for hydroxylation is 4. The molecule has 0 bridgehead atoms. The lowest BCUT2D eigenvalue weighted by Gasteiger charge is -2.17. The average Bonchev–Trinajstić information content (AvgIpc) is 2.87. The molecule has 0 aliphatic carbocycles. The lowest BCUT2D eigenvalue weighted by Crippen LogP contribution is -2.08. The summed E-state index contributed by atoms with van der Waals surface area (Å²) in [7, 11) is 0. The van der Waals surface area contributed by atoms with E-state index < -0.39 is 0 Å². The highest BCUT2D eigenvalue weighted by Gasteiger charge is 2.12. The third kappa shape index (κ3) is 5.31. The molecule has 1 aromatic heterocycles. The molecular formula is C31H35N3. The van der Waals surface area contributed by atoms with E-state index in [1.54, 1.807) is 0 Å². The van der Waals surface area contributed by atoms with Crippen molar-refractivity contribution in [1.82, 2.24) is 4.98 Å². The van der Waals surface area contributed by atoms with Crippen LogP contribution in [0.1, 0.15) is 47.4 Å². The molecular weight excluding hydrogens is 414 g/mol. The minimum atomic E-state index is 0.709. The minimum absolute atomic E-state index is 0.709. The number of hydrogen-bond acceptors (Lipinski definition) is 3. The maximum absolute atomic E-state index is 5.07. The fourth-order valence-electron chi connectivity index (χ4n) is 4.57. The Morgan fingerprint density at radius 3 is 2.00 bits per heavy atom. The van der Waals surface area contributed by atoms with Gasteiger partial charge in [0, 0.05) is 23.5 Å². The zero-order chi connectivity index (χ0) is 23.9. The summed E-state index contributed by atoms with van der Waals surface area (Å²) in [5.41, 5.74) is 12.2. The van der Waals surface area contributed by atoms with Gasteiger partial charge >= 0.3 is 0 Å². The molecule has 3 heteroatoms. The van der Waals surface area contributed by atoms with E-state index in [1.165, 1.54) is 44.8 Å². The van der Waals surface area contributed by atoms with E-state index in [-0.39, 0.29) is 0 Å². The Bertz CT molecular complexity index is 1240. The summed E-state index contributed by atoms with van der Waals surface area (Å²) >= 11 is 0. The molecule has 174 valence electrons. The Morgan fingerprint density at radius 2 is 1.26 bits per heavy atom. The van der Waals surface area contributed by atoms with Crippen LogP contribution in [0.2, 0.25) is 0 Å². The molecule has 0 aliphatic rings. The number of anilines is 2. The predicted molar refractivity (Wildman–Crippen MR) is 145 cm³/mol. The molecule has 2 N–H and O–H groups in total. The molecule has 3 nitrogen and oxygen atoms in total. The highest BCUT2D eigenvalue weighted by Crippen LogP contribution is 2.28. The van der Waals surface area contributed by atoms with E-state index in [0.29, 0.717) is 6.54 Å². The molecule has 34 heavy (non-hydrogen) atoms. The van der Waals surface area contributed by atoms with Crippen molar-refractivity contribution in [1.29, 1.82) is 0 Å². The molecule has 0 amide bonds. The predicted octanol–water partition coefficient (Wildman–Crippen LogP) is 7.71. The molecule has 0 saturated carbocycles. The zero-order valence-corrected chi connectivity index (χ0v) is 20.8. The molecule has 4 aromatic rings. The zero-order valence-electron chi connectivity index (χ0n) is 20.8. The van der Waals surface area contributed by atoms with Gasteiger partial charge in [0.25, 0.3) is 0 Å². The molecule has 0 radical (unpaired) electrons. The number of para-hydroxylation sites is 2. The largest absolute Gasteiger partial charge is 0.381 e. The van der Waals surface area contributed by atoms with Gasteiger partial charge in [-0.05, 0) is 72.7 Å². The maximum Gasteiger partial charge on any atom is 0.0712 e. The highest BCUT2D eigenvalue weighted by atomic mass is 14.9. The number of nitrogens with zero attached hydrogens (tertiary/aromatic N) is 1. The second kappa shape index (κ2) is 11.0. The average molecular weight is 450 g/mol. The Hall–Kier alpha value is -3.59. The molecule has 0 spiro atoms. The standard InChI is InChI=1S/C31H35N3/c1-5-24-14-10-15-25(6-2)31(24)33-21-27-17-11-19-29(34-27)30-23(4)13-9-16-26(30)20-32-28-18-8-7-12-22(28)3/h7-19,32-33H,5-6,20-21H2,1-4H3. The van der Waals surface area contributed by atoms with Gasteiger partial charge in [-0.3, -0.25) is 4.98 Å². The summed E-state index contributed by atoms with van der Waals surface area (Å²) in [5, 5.41) is 7.30. The van der Waals surface area contributed by atoms with Gasteiger partial charge < -0.3 is 10.6 Å². The van der Waals surface area contributed by atoms with Gasteiger partial charge in [-0.2, -0.15) is 0 Å². The van der Waals surface area contributed by atoms with E-state index in [0.717, 1.165) is 30.8 Å². The SMILES string of the molecule is CCc1cccc(CC)c1NCc1cccc(-c2c(C)cccc2CNc2ccccc2C)n1. The number of pyridine rings is 1. The lowest BCUT2D eigenvalue weighted by molar-refractivity contribution is 1.01. The first kappa shape index (κ1) is 23.6. The van der Waals surface area contributed by atoms with Crippen molar-refractivity contribution >= 4 is 11.4 Å². The van der Waals surface area contributed by atoms with E-state index in [4.69, 9.17) is 4.98 Å². The molecule has 0 unspecified atom stereocenters. The van der Waals surface area contributed by atoms with Crippen molar-refractivity contribution in [3.05, 3.63) is 112 Å². The number of rotatable bonds is 9. The molecule has 0 saturated heterocycles. The highest BCUT2D eigenvalue weighted by molar-refractivity contribution is 5.69. The summed E-state index contributed by atoms with van der Waals surface area (Å²) in [6.07, 6.45) is 2.04. The molecule has 0 fully saturated rings. The summed E-state index contributed by atoms with van der Waals surface area (Å²) in [6.45, 7) is 10.2. The normalized spacial score (nSPS) is 10.8. The maximum atomic E-state index is 5.07. The Labute approximate surface area is 204 Å². The second-order valence-corrected chi connectivity index (χ2v) is 8.80. The third-order valence-electron chi connectivity index (χ3n) is 6.48. The monoisotopic (exact) mass is 449 g/mol. The fraction of sp³-hybridized carbons (Fsp3) is 0.258. The van der Waals surface area contributed by atoms with Crippen LogP contribution in [0.4, 0.5) is 11.4 Å². The Kier molecular flexibility index (Phi) is 7.64. The van der Waals surface area contributed by atoms with Crippen LogP contribution in [-0.2, 0) is 25.9 Å². The minimum Gasteiger partial charge on any atom is -0.381 e. The van der Waals surface area contributed by atoms with Crippen molar-refractivity contribution in [2.45, 2.75) is 53.6 Å². The van der Waals surface area contributed by atoms with Crippen LogP contribution in [0, 0.1) is 13.8 Å². The second-order valence-electron chi connectivity index (χ2n) is 8.80. The summed E-state index contributed by atoms with van der Waals surface area (Å²) in [5.74, 6) is 0. The van der Waals surface area contributed by atoms with Crippen molar-refractivity contribution < 1.29 is 0 Å². The number of aromatic nitrogens is 1. The van der Waals surface area contributed by atoms with Crippen LogP contribution in [0.25, 0.3) is 11.3 Å². The van der Waals surface area contributed by atoms with E-state index in [2.05, 4.69) is 117 Å². The molecule has 4 rings (SSSR count). The number of hydrogen-bond donors (Lipinski definition) is 2. The van der Waals surface area contributed by atoms with Crippen LogP contribution in [-0.4, -0.2) is 4.98 Å². The van der Waals surface area contributed by atoms with Gasteiger partial charge in [-0.1, -0.05) is 74.5 Å². The molecule has 1 heterocycles. The summed E-state index contributed by atoms with van der Waals surface area (Å²) in [6, 6.07) is 27.9. The van der Waals surface area contributed by atoms with Gasteiger partial charge in [0.05, 0.1) is 17.9 Å². The smallest absolute Gasteiger partial charge is 0.0712 e. The number of nitrogens with one attached hydrogen (secondary N) is 2. The third-order valence-corrected chi connectivity index (χ3v) is 6.48. The first-order valence-electron chi connectivity index (χ1n) is 12.3. The van der Waals surface area contributed by atoms with E-state index in [9.17, 15) is 0 Å². The van der Waals surface area contributed by atoms with E-state index >= 15 is 0 Å². The van der Waals surface area contributed by atoms with Crippen molar-refractivity contribution in [2.24, 2.45) is 0 Å². The molecule has 0 aliphatic heterocycles. The quantitative estimate of drug-likeness (QED) is 0.275. The summed E-state index contributed by atoms with van der Waals surface area (Å²) in [4.78, 5) is 5.07. The summed E-state index contributed by atoms with van der Waals surface area (Å²) < 4.78 is 0. The van der Waals surface area contributed by atoms with Crippen LogP contribution in [0.3, 0.4) is 0 Å². The Balaban J connectivity index is 1.58.